The fourth-order valence-electron chi connectivity index (χ4n) is 3.55. The average molecular weight is 413 g/mol. The monoisotopic (exact) mass is 412 g/mol. The molecule has 174 valence electrons. The van der Waals surface area contributed by atoms with Gasteiger partial charge in [0.25, 0.3) is 0 Å². The molecule has 0 saturated heterocycles. The Kier molecular flexibility index (Phi) is 19.3. The van der Waals surface area contributed by atoms with Gasteiger partial charge in [-0.05, 0) is 33.6 Å². The van der Waals surface area contributed by atoms with Gasteiger partial charge in [-0.15, -0.1) is 0 Å². The van der Waals surface area contributed by atoms with Gasteiger partial charge < -0.3 is 9.47 Å². The van der Waals surface area contributed by atoms with E-state index in [0.29, 0.717) is 13.0 Å². The molecule has 0 aromatic carbocycles. The standard InChI is InChI=1S/C26H52O3/c1-6-7-8-9-10-11-12-13-14-15-16-17-18-19-20-21-25(27)24(2)29-23-22-26(3,4)28-5/h24H,6-23H2,1-5H3. The van der Waals surface area contributed by atoms with E-state index in [1.165, 1.54) is 89.9 Å². The molecule has 0 aliphatic carbocycles. The quantitative estimate of drug-likeness (QED) is 0.169. The smallest absolute Gasteiger partial charge is 0.161 e. The van der Waals surface area contributed by atoms with Gasteiger partial charge in [0.1, 0.15) is 6.10 Å². The first-order valence-electron chi connectivity index (χ1n) is 12.6. The molecule has 1 unspecified atom stereocenters. The summed E-state index contributed by atoms with van der Waals surface area (Å²) >= 11 is 0. The maximum atomic E-state index is 12.1. The van der Waals surface area contributed by atoms with Crippen molar-refractivity contribution < 1.29 is 14.3 Å². The molecule has 1 atom stereocenters. The first-order valence-corrected chi connectivity index (χ1v) is 12.6. The van der Waals surface area contributed by atoms with Crippen LogP contribution in [-0.4, -0.2) is 31.2 Å². The van der Waals surface area contributed by atoms with Crippen molar-refractivity contribution in [2.45, 2.75) is 149 Å². The molecule has 0 heterocycles. The van der Waals surface area contributed by atoms with Gasteiger partial charge in [-0.3, -0.25) is 4.79 Å². The van der Waals surface area contributed by atoms with Crippen LogP contribution in [0.3, 0.4) is 0 Å². The summed E-state index contributed by atoms with van der Waals surface area (Å²) in [5.74, 6) is 0.245. The van der Waals surface area contributed by atoms with Crippen molar-refractivity contribution in [1.82, 2.24) is 0 Å². The number of ketones is 1. The maximum Gasteiger partial charge on any atom is 0.161 e. The Morgan fingerprint density at radius 2 is 1.17 bits per heavy atom. The zero-order chi connectivity index (χ0) is 21.8. The molecule has 29 heavy (non-hydrogen) atoms. The Morgan fingerprint density at radius 3 is 1.59 bits per heavy atom. The van der Waals surface area contributed by atoms with E-state index < -0.39 is 0 Å². The van der Waals surface area contributed by atoms with Crippen molar-refractivity contribution in [2.24, 2.45) is 0 Å². The van der Waals surface area contributed by atoms with Gasteiger partial charge in [0.2, 0.25) is 0 Å². The van der Waals surface area contributed by atoms with Crippen LogP contribution in [0, 0.1) is 0 Å². The van der Waals surface area contributed by atoms with Crippen LogP contribution in [0.25, 0.3) is 0 Å². The van der Waals surface area contributed by atoms with Gasteiger partial charge in [0, 0.05) is 13.5 Å². The van der Waals surface area contributed by atoms with E-state index in [0.717, 1.165) is 12.8 Å². The van der Waals surface area contributed by atoms with Gasteiger partial charge in [-0.2, -0.15) is 0 Å². The molecule has 0 aromatic heterocycles. The molecule has 0 fully saturated rings. The van der Waals surface area contributed by atoms with Gasteiger partial charge in [0.15, 0.2) is 5.78 Å². The summed E-state index contributed by atoms with van der Waals surface area (Å²) in [6.45, 7) is 8.82. The first-order chi connectivity index (χ1) is 13.9. The molecule has 0 amide bonds. The number of rotatable bonds is 22. The molecular formula is C26H52O3. The molecule has 0 rings (SSSR count). The zero-order valence-corrected chi connectivity index (χ0v) is 20.5. The fraction of sp³-hybridized carbons (Fsp3) is 0.962. The third-order valence-corrected chi connectivity index (χ3v) is 6.10. The summed E-state index contributed by atoms with van der Waals surface area (Å²) in [5.41, 5.74) is -0.184. The Labute approximate surface area is 182 Å². The Balaban J connectivity index is 3.36. The Hall–Kier alpha value is -0.410. The molecule has 0 aromatic rings. The third-order valence-electron chi connectivity index (χ3n) is 6.10. The largest absolute Gasteiger partial charge is 0.379 e. The predicted molar refractivity (Wildman–Crippen MR) is 126 cm³/mol. The van der Waals surface area contributed by atoms with E-state index in [-0.39, 0.29) is 17.5 Å². The second kappa shape index (κ2) is 19.5. The van der Waals surface area contributed by atoms with Crippen molar-refractivity contribution in [2.75, 3.05) is 13.7 Å². The van der Waals surface area contributed by atoms with Gasteiger partial charge >= 0.3 is 0 Å². The number of carbonyl (C=O) groups is 1. The van der Waals surface area contributed by atoms with Gasteiger partial charge in [0.05, 0.1) is 12.2 Å². The summed E-state index contributed by atoms with van der Waals surface area (Å²) in [7, 11) is 1.71. The highest BCUT2D eigenvalue weighted by molar-refractivity contribution is 5.82. The third kappa shape index (κ3) is 19.3. The van der Waals surface area contributed by atoms with E-state index >= 15 is 0 Å². The highest BCUT2D eigenvalue weighted by Gasteiger charge is 2.18. The minimum Gasteiger partial charge on any atom is -0.379 e. The second-order valence-electron chi connectivity index (χ2n) is 9.39. The van der Waals surface area contributed by atoms with Crippen LogP contribution in [0.15, 0.2) is 0 Å². The molecule has 0 aliphatic rings. The summed E-state index contributed by atoms with van der Waals surface area (Å²) in [5, 5.41) is 0. The summed E-state index contributed by atoms with van der Waals surface area (Å²) in [4.78, 5) is 12.1. The van der Waals surface area contributed by atoms with E-state index in [4.69, 9.17) is 9.47 Å². The van der Waals surface area contributed by atoms with E-state index in [1.54, 1.807) is 7.11 Å². The average Bonchev–Trinajstić information content (AvgIpc) is 2.70. The number of methoxy groups -OCH3 is 1. The second-order valence-corrected chi connectivity index (χ2v) is 9.39. The van der Waals surface area contributed by atoms with Crippen molar-refractivity contribution in [3.05, 3.63) is 0 Å². The lowest BCUT2D eigenvalue weighted by atomic mass is 10.0. The van der Waals surface area contributed by atoms with Crippen molar-refractivity contribution in [1.29, 1.82) is 0 Å². The molecule has 0 spiro atoms. The van der Waals surface area contributed by atoms with E-state index in [9.17, 15) is 4.79 Å². The Morgan fingerprint density at radius 1 is 0.759 bits per heavy atom. The topological polar surface area (TPSA) is 35.5 Å². The number of Topliss-reactive ketones (excluding diaryl/α,β-unsaturated/α-hetero) is 1. The predicted octanol–water partition coefficient (Wildman–Crippen LogP) is 8.04. The first kappa shape index (κ1) is 28.6. The van der Waals surface area contributed by atoms with Crippen LogP contribution in [0.5, 0.6) is 0 Å². The molecule has 0 aliphatic heterocycles. The molecule has 0 N–H and O–H groups in total. The molecule has 0 saturated carbocycles. The zero-order valence-electron chi connectivity index (χ0n) is 20.5. The summed E-state index contributed by atoms with van der Waals surface area (Å²) in [6, 6.07) is 0. The van der Waals surface area contributed by atoms with Gasteiger partial charge in [-0.25, -0.2) is 0 Å². The molecule has 3 nitrogen and oxygen atoms in total. The lowest BCUT2D eigenvalue weighted by molar-refractivity contribution is -0.130. The highest BCUT2D eigenvalue weighted by Crippen LogP contribution is 2.15. The molecule has 0 radical (unpaired) electrons. The van der Waals surface area contributed by atoms with Crippen molar-refractivity contribution in [3.8, 4) is 0 Å². The van der Waals surface area contributed by atoms with E-state index in [1.807, 2.05) is 20.8 Å². The van der Waals surface area contributed by atoms with Crippen LogP contribution in [0.4, 0.5) is 0 Å². The lowest BCUT2D eigenvalue weighted by Crippen LogP contribution is -2.27. The minimum atomic E-state index is -0.283. The number of hydrogen-bond acceptors (Lipinski definition) is 3. The number of unbranched alkanes of at least 4 members (excludes halogenated alkanes) is 14. The van der Waals surface area contributed by atoms with Crippen LogP contribution >= 0.6 is 0 Å². The number of ether oxygens (including phenoxy) is 2. The molecule has 3 heteroatoms. The highest BCUT2D eigenvalue weighted by atomic mass is 16.5. The Bertz CT molecular complexity index is 365. The summed E-state index contributed by atoms with van der Waals surface area (Å²) in [6.07, 6.45) is 21.4. The maximum absolute atomic E-state index is 12.1. The van der Waals surface area contributed by atoms with E-state index in [2.05, 4.69) is 6.92 Å². The van der Waals surface area contributed by atoms with Gasteiger partial charge in [-0.1, -0.05) is 96.8 Å². The summed E-state index contributed by atoms with van der Waals surface area (Å²) < 4.78 is 11.1. The fourth-order valence-corrected chi connectivity index (χ4v) is 3.55. The minimum absolute atomic E-state index is 0.184. The van der Waals surface area contributed by atoms with Crippen LogP contribution < -0.4 is 0 Å². The SMILES string of the molecule is CCCCCCCCCCCCCCCCCC(=O)C(C)OCCC(C)(C)OC. The normalized spacial score (nSPS) is 13.0. The van der Waals surface area contributed by atoms with Crippen molar-refractivity contribution in [3.63, 3.8) is 0 Å². The van der Waals surface area contributed by atoms with Crippen LogP contribution in [0.2, 0.25) is 0 Å². The number of carbonyl (C=O) groups excluding carboxylic acids is 1. The molecule has 0 bridgehead atoms. The number of hydrogen-bond donors (Lipinski definition) is 0. The van der Waals surface area contributed by atoms with Crippen LogP contribution in [0.1, 0.15) is 137 Å². The van der Waals surface area contributed by atoms with Crippen LogP contribution in [-0.2, 0) is 14.3 Å². The lowest BCUT2D eigenvalue weighted by Gasteiger charge is -2.23. The van der Waals surface area contributed by atoms with Crippen molar-refractivity contribution >= 4 is 5.78 Å². The molecular weight excluding hydrogens is 360 g/mol.